The van der Waals surface area contributed by atoms with Crippen molar-refractivity contribution in [3.63, 3.8) is 0 Å². The van der Waals surface area contributed by atoms with E-state index in [1.54, 1.807) is 0 Å². The largest absolute Gasteiger partial charge is 0.489 e. The number of likely N-dealkylation sites (N-methyl/N-ethyl adjacent to an activating group) is 1. The van der Waals surface area contributed by atoms with E-state index in [4.69, 9.17) is 4.74 Å². The lowest BCUT2D eigenvalue weighted by Crippen LogP contribution is -2.50. The van der Waals surface area contributed by atoms with Crippen LogP contribution in [0.5, 0.6) is 5.75 Å². The summed E-state index contributed by atoms with van der Waals surface area (Å²) in [5.41, 5.74) is 1.28. The minimum atomic E-state index is 0.291. The topological polar surface area (TPSA) is 21.3 Å². The first-order valence-corrected chi connectivity index (χ1v) is 7.56. The molecule has 2 rings (SSSR count). The molecule has 4 atom stereocenters. The molecule has 0 aromatic heterocycles. The highest BCUT2D eigenvalue weighted by atomic mass is 16.5. The maximum atomic E-state index is 6.27. The van der Waals surface area contributed by atoms with Crippen molar-refractivity contribution < 1.29 is 4.74 Å². The Morgan fingerprint density at radius 3 is 2.47 bits per heavy atom. The maximum absolute atomic E-state index is 6.27. The average molecular weight is 261 g/mol. The highest BCUT2D eigenvalue weighted by Gasteiger charge is 2.35. The zero-order valence-electron chi connectivity index (χ0n) is 12.6. The van der Waals surface area contributed by atoms with Gasteiger partial charge in [-0.1, -0.05) is 38.5 Å². The van der Waals surface area contributed by atoms with Crippen molar-refractivity contribution in [3.05, 3.63) is 29.8 Å². The molecule has 1 aromatic carbocycles. The van der Waals surface area contributed by atoms with E-state index in [9.17, 15) is 0 Å². The van der Waals surface area contributed by atoms with Gasteiger partial charge in [-0.3, -0.25) is 0 Å². The van der Waals surface area contributed by atoms with E-state index in [2.05, 4.69) is 57.3 Å². The van der Waals surface area contributed by atoms with Crippen molar-refractivity contribution >= 4 is 0 Å². The molecular weight excluding hydrogens is 234 g/mol. The van der Waals surface area contributed by atoms with Gasteiger partial charge >= 0.3 is 0 Å². The summed E-state index contributed by atoms with van der Waals surface area (Å²) in [6.07, 6.45) is 2.77. The first kappa shape index (κ1) is 14.4. The summed E-state index contributed by atoms with van der Waals surface area (Å²) in [7, 11) is 0. The van der Waals surface area contributed by atoms with Gasteiger partial charge in [-0.05, 0) is 50.3 Å². The van der Waals surface area contributed by atoms with Crippen LogP contribution in [0.2, 0.25) is 0 Å². The number of hydrogen-bond donors (Lipinski definition) is 1. The minimum absolute atomic E-state index is 0.291. The Morgan fingerprint density at radius 2 is 1.84 bits per heavy atom. The molecule has 1 N–H and O–H groups in total. The highest BCUT2D eigenvalue weighted by molar-refractivity contribution is 5.26. The van der Waals surface area contributed by atoms with Crippen LogP contribution < -0.4 is 10.1 Å². The molecule has 0 aliphatic heterocycles. The molecule has 106 valence electrons. The molecule has 0 spiro atoms. The Hall–Kier alpha value is -1.02. The Bertz CT molecular complexity index is 387. The summed E-state index contributed by atoms with van der Waals surface area (Å²) in [5, 5.41) is 3.60. The van der Waals surface area contributed by atoms with Gasteiger partial charge in [0.2, 0.25) is 0 Å². The summed E-state index contributed by atoms with van der Waals surface area (Å²) >= 11 is 0. The fourth-order valence-corrected chi connectivity index (χ4v) is 3.26. The van der Waals surface area contributed by atoms with E-state index in [1.165, 1.54) is 18.4 Å². The second-order valence-electron chi connectivity index (χ2n) is 6.11. The van der Waals surface area contributed by atoms with Crippen LogP contribution in [0.25, 0.3) is 0 Å². The lowest BCUT2D eigenvalue weighted by molar-refractivity contribution is 0.0483. The number of hydrogen-bond acceptors (Lipinski definition) is 2. The molecule has 19 heavy (non-hydrogen) atoms. The van der Waals surface area contributed by atoms with Gasteiger partial charge in [-0.2, -0.15) is 0 Å². The second-order valence-corrected chi connectivity index (χ2v) is 6.11. The molecule has 2 nitrogen and oxygen atoms in total. The molecule has 1 saturated carbocycles. The van der Waals surface area contributed by atoms with E-state index in [0.29, 0.717) is 18.1 Å². The first-order chi connectivity index (χ1) is 9.10. The molecule has 1 aliphatic carbocycles. The molecule has 0 saturated heterocycles. The number of rotatable bonds is 4. The smallest absolute Gasteiger partial charge is 0.119 e. The number of aryl methyl sites for hydroxylation is 1. The predicted octanol–water partition coefficient (Wildman–Crippen LogP) is 3.79. The van der Waals surface area contributed by atoms with Crippen LogP contribution in [0.15, 0.2) is 24.3 Å². The van der Waals surface area contributed by atoms with Crippen molar-refractivity contribution in [3.8, 4) is 5.75 Å². The van der Waals surface area contributed by atoms with Crippen molar-refractivity contribution in [1.82, 2.24) is 5.32 Å². The molecule has 4 unspecified atom stereocenters. The zero-order chi connectivity index (χ0) is 13.8. The molecule has 0 heterocycles. The summed E-state index contributed by atoms with van der Waals surface area (Å²) in [5.74, 6) is 2.39. The molecule has 0 radical (unpaired) electrons. The third-order valence-electron chi connectivity index (χ3n) is 4.15. The number of ether oxygens (including phenoxy) is 1. The van der Waals surface area contributed by atoms with Gasteiger partial charge in [0.05, 0.1) is 0 Å². The highest BCUT2D eigenvalue weighted by Crippen LogP contribution is 2.32. The number of benzene rings is 1. The van der Waals surface area contributed by atoms with Gasteiger partial charge in [0.1, 0.15) is 11.9 Å². The zero-order valence-corrected chi connectivity index (χ0v) is 12.6. The Labute approximate surface area is 117 Å². The SMILES string of the molecule is CCNC1CC(C)CC(C)C1Oc1ccc(C)cc1. The van der Waals surface area contributed by atoms with Crippen molar-refractivity contribution in [2.24, 2.45) is 11.8 Å². The molecule has 0 bridgehead atoms. The van der Waals surface area contributed by atoms with Crippen LogP contribution in [0.4, 0.5) is 0 Å². The minimum Gasteiger partial charge on any atom is -0.489 e. The molecule has 1 fully saturated rings. The van der Waals surface area contributed by atoms with Crippen LogP contribution >= 0.6 is 0 Å². The molecule has 1 aliphatic rings. The van der Waals surface area contributed by atoms with Crippen LogP contribution in [-0.4, -0.2) is 18.7 Å². The fraction of sp³-hybridized carbons (Fsp3) is 0.647. The Balaban J connectivity index is 2.08. The summed E-state index contributed by atoms with van der Waals surface area (Å²) in [6.45, 7) is 9.96. The van der Waals surface area contributed by atoms with E-state index in [-0.39, 0.29) is 0 Å². The molecule has 1 aromatic rings. The predicted molar refractivity (Wildman–Crippen MR) is 80.6 cm³/mol. The van der Waals surface area contributed by atoms with E-state index >= 15 is 0 Å². The van der Waals surface area contributed by atoms with Crippen LogP contribution in [-0.2, 0) is 0 Å². The van der Waals surface area contributed by atoms with E-state index < -0.39 is 0 Å². The van der Waals surface area contributed by atoms with Gasteiger partial charge in [-0.25, -0.2) is 0 Å². The quantitative estimate of drug-likeness (QED) is 0.890. The molecule has 0 amide bonds. The summed E-state index contributed by atoms with van der Waals surface area (Å²) < 4.78 is 6.27. The van der Waals surface area contributed by atoms with E-state index in [1.807, 2.05) is 0 Å². The molecule has 2 heteroatoms. The van der Waals surface area contributed by atoms with E-state index in [0.717, 1.165) is 18.2 Å². The third-order valence-corrected chi connectivity index (χ3v) is 4.15. The lowest BCUT2D eigenvalue weighted by atomic mass is 9.78. The third kappa shape index (κ3) is 3.73. The summed E-state index contributed by atoms with van der Waals surface area (Å²) in [4.78, 5) is 0. The first-order valence-electron chi connectivity index (χ1n) is 7.56. The maximum Gasteiger partial charge on any atom is 0.119 e. The fourth-order valence-electron chi connectivity index (χ4n) is 3.26. The van der Waals surface area contributed by atoms with Crippen molar-refractivity contribution in [2.45, 2.75) is 52.7 Å². The van der Waals surface area contributed by atoms with Crippen LogP contribution in [0.3, 0.4) is 0 Å². The van der Waals surface area contributed by atoms with Gasteiger partial charge < -0.3 is 10.1 Å². The average Bonchev–Trinajstić information content (AvgIpc) is 2.36. The number of nitrogens with one attached hydrogen (secondary N) is 1. The standard InChI is InChI=1S/C17H27NO/c1-5-18-16-11-13(3)10-14(4)17(16)19-15-8-6-12(2)7-9-15/h6-9,13-14,16-18H,5,10-11H2,1-4H3. The van der Waals surface area contributed by atoms with Crippen LogP contribution in [0.1, 0.15) is 39.2 Å². The van der Waals surface area contributed by atoms with Crippen molar-refractivity contribution in [2.75, 3.05) is 6.54 Å². The normalized spacial score (nSPS) is 31.2. The monoisotopic (exact) mass is 261 g/mol. The van der Waals surface area contributed by atoms with Crippen LogP contribution in [0, 0.1) is 18.8 Å². The van der Waals surface area contributed by atoms with Gasteiger partial charge in [-0.15, -0.1) is 0 Å². The van der Waals surface area contributed by atoms with Gasteiger partial charge in [0.15, 0.2) is 0 Å². The van der Waals surface area contributed by atoms with Gasteiger partial charge in [0.25, 0.3) is 0 Å². The van der Waals surface area contributed by atoms with Crippen molar-refractivity contribution in [1.29, 1.82) is 0 Å². The summed E-state index contributed by atoms with van der Waals surface area (Å²) in [6, 6.07) is 8.89. The lowest BCUT2D eigenvalue weighted by Gasteiger charge is -2.40. The Morgan fingerprint density at radius 1 is 1.16 bits per heavy atom. The Kier molecular flexibility index (Phi) is 4.87. The molecular formula is C17H27NO. The van der Waals surface area contributed by atoms with Gasteiger partial charge in [0, 0.05) is 6.04 Å². The second kappa shape index (κ2) is 6.42.